The number of hydrogen-bond acceptors (Lipinski definition) is 3. The van der Waals surface area contributed by atoms with Crippen LogP contribution in [0.2, 0.25) is 0 Å². The van der Waals surface area contributed by atoms with Gasteiger partial charge in [0.25, 0.3) is 0 Å². The fourth-order valence-electron chi connectivity index (χ4n) is 2.13. The molecule has 0 saturated carbocycles. The van der Waals surface area contributed by atoms with Gasteiger partial charge in [0.2, 0.25) is 0 Å². The van der Waals surface area contributed by atoms with E-state index in [1.807, 2.05) is 13.0 Å². The lowest BCUT2D eigenvalue weighted by Gasteiger charge is -2.29. The molecular weight excluding hydrogens is 217 g/mol. The predicted molar refractivity (Wildman–Crippen MR) is 65.4 cm³/mol. The number of likely N-dealkylation sites (N-methyl/N-ethyl adjacent to an activating group) is 1. The topological polar surface area (TPSA) is 39.1 Å². The van der Waals surface area contributed by atoms with Gasteiger partial charge in [-0.1, -0.05) is 6.07 Å². The number of anilines is 1. The molecule has 1 unspecified atom stereocenters. The van der Waals surface area contributed by atoms with E-state index in [1.165, 1.54) is 6.07 Å². The highest BCUT2D eigenvalue weighted by atomic mass is 19.1. The van der Waals surface area contributed by atoms with Gasteiger partial charge in [0.15, 0.2) is 0 Å². The van der Waals surface area contributed by atoms with Crippen molar-refractivity contribution < 1.29 is 4.39 Å². The zero-order valence-corrected chi connectivity index (χ0v) is 10.1. The van der Waals surface area contributed by atoms with Gasteiger partial charge in [-0.3, -0.25) is 0 Å². The smallest absolute Gasteiger partial charge is 0.125 e. The molecule has 0 saturated heterocycles. The fraction of sp³-hybridized carbons (Fsp3) is 0.462. The Morgan fingerprint density at radius 3 is 3.00 bits per heavy atom. The zero-order valence-electron chi connectivity index (χ0n) is 10.1. The number of benzene rings is 1. The number of rotatable bonds is 3. The molecule has 1 atom stereocenters. The Hall–Kier alpha value is -1.60. The highest BCUT2D eigenvalue weighted by Crippen LogP contribution is 2.29. The molecule has 0 spiro atoms. The van der Waals surface area contributed by atoms with Gasteiger partial charge in [-0.05, 0) is 38.1 Å². The quantitative estimate of drug-likeness (QED) is 0.863. The van der Waals surface area contributed by atoms with Crippen LogP contribution in [-0.2, 0) is 6.42 Å². The van der Waals surface area contributed by atoms with Gasteiger partial charge in [-0.2, -0.15) is 5.26 Å². The summed E-state index contributed by atoms with van der Waals surface area (Å²) < 4.78 is 13.2. The maximum atomic E-state index is 13.2. The summed E-state index contributed by atoms with van der Waals surface area (Å²) in [6.45, 7) is 3.26. The molecule has 1 aromatic rings. The number of hydrogen-bond donors (Lipinski definition) is 1. The van der Waals surface area contributed by atoms with Crippen molar-refractivity contribution in [3.63, 3.8) is 0 Å². The third-order valence-electron chi connectivity index (χ3n) is 3.34. The summed E-state index contributed by atoms with van der Waals surface area (Å²) in [7, 11) is 1.77. The Kier molecular flexibility index (Phi) is 3.03. The average Bonchev–Trinajstić information content (AvgIpc) is 2.72. The van der Waals surface area contributed by atoms with E-state index in [2.05, 4.69) is 16.3 Å². The first-order valence-electron chi connectivity index (χ1n) is 5.71. The number of nitrogens with zero attached hydrogens (tertiary/aromatic N) is 2. The predicted octanol–water partition coefficient (Wildman–Crippen LogP) is 1.69. The minimum Gasteiger partial charge on any atom is -0.368 e. The molecule has 0 bridgehead atoms. The molecule has 0 fully saturated rings. The molecule has 1 N–H and O–H groups in total. The van der Waals surface area contributed by atoms with E-state index in [4.69, 9.17) is 5.26 Å². The molecule has 2 rings (SSSR count). The van der Waals surface area contributed by atoms with Crippen LogP contribution in [0.15, 0.2) is 18.2 Å². The highest BCUT2D eigenvalue weighted by molar-refractivity contribution is 5.58. The summed E-state index contributed by atoms with van der Waals surface area (Å²) in [5.41, 5.74) is 1.47. The first-order chi connectivity index (χ1) is 8.08. The maximum Gasteiger partial charge on any atom is 0.125 e. The largest absolute Gasteiger partial charge is 0.368 e. The SMILES string of the molecule is CNC(C)(C#N)CN1CCc2ccc(F)cc21. The third-order valence-corrected chi connectivity index (χ3v) is 3.34. The van der Waals surface area contributed by atoms with Gasteiger partial charge in [0.1, 0.15) is 11.4 Å². The molecule has 1 aliphatic rings. The standard InChI is InChI=1S/C13H16FN3/c1-13(8-15,16-2)9-17-6-5-10-3-4-11(14)7-12(10)17/h3-4,7,16H,5-6,9H2,1-2H3. The second-order valence-electron chi connectivity index (χ2n) is 4.64. The van der Waals surface area contributed by atoms with Crippen LogP contribution in [0.3, 0.4) is 0 Å². The van der Waals surface area contributed by atoms with Gasteiger partial charge in [-0.25, -0.2) is 4.39 Å². The summed E-state index contributed by atoms with van der Waals surface area (Å²) in [6, 6.07) is 7.12. The molecule has 1 heterocycles. The number of nitrogens with one attached hydrogen (secondary N) is 1. The lowest BCUT2D eigenvalue weighted by Crippen LogP contribution is -2.48. The van der Waals surface area contributed by atoms with E-state index in [9.17, 15) is 4.39 Å². The van der Waals surface area contributed by atoms with Crippen LogP contribution in [0.25, 0.3) is 0 Å². The van der Waals surface area contributed by atoms with Gasteiger partial charge < -0.3 is 10.2 Å². The summed E-state index contributed by atoms with van der Waals surface area (Å²) in [6.07, 6.45) is 0.917. The first-order valence-corrected chi connectivity index (χ1v) is 5.71. The van der Waals surface area contributed by atoms with Crippen molar-refractivity contribution in [2.24, 2.45) is 0 Å². The molecule has 17 heavy (non-hydrogen) atoms. The molecule has 4 heteroatoms. The molecule has 0 amide bonds. The van der Waals surface area contributed by atoms with E-state index in [0.717, 1.165) is 24.2 Å². The summed E-state index contributed by atoms with van der Waals surface area (Å²) >= 11 is 0. The van der Waals surface area contributed by atoms with Crippen molar-refractivity contribution in [2.75, 3.05) is 25.0 Å². The normalized spacial score (nSPS) is 17.4. The Balaban J connectivity index is 2.23. The molecule has 1 aliphatic heterocycles. The zero-order chi connectivity index (χ0) is 12.5. The number of fused-ring (bicyclic) bond motifs is 1. The van der Waals surface area contributed by atoms with Crippen LogP contribution in [-0.4, -0.2) is 25.7 Å². The summed E-state index contributed by atoms with van der Waals surface area (Å²) in [4.78, 5) is 2.07. The van der Waals surface area contributed by atoms with Crippen molar-refractivity contribution in [3.05, 3.63) is 29.6 Å². The average molecular weight is 233 g/mol. The van der Waals surface area contributed by atoms with E-state index in [0.29, 0.717) is 6.54 Å². The minimum absolute atomic E-state index is 0.223. The van der Waals surface area contributed by atoms with Crippen LogP contribution in [0, 0.1) is 17.1 Å². The number of halogens is 1. The van der Waals surface area contributed by atoms with E-state index in [1.54, 1.807) is 13.1 Å². The minimum atomic E-state index is -0.603. The van der Waals surface area contributed by atoms with Gasteiger partial charge in [0, 0.05) is 18.8 Å². The third kappa shape index (κ3) is 2.25. The Labute approximate surface area is 101 Å². The Morgan fingerprint density at radius 2 is 2.35 bits per heavy atom. The maximum absolute atomic E-state index is 13.2. The fourth-order valence-corrected chi connectivity index (χ4v) is 2.13. The van der Waals surface area contributed by atoms with Gasteiger partial charge in [-0.15, -0.1) is 0 Å². The second kappa shape index (κ2) is 4.34. The Bertz CT molecular complexity index is 466. The van der Waals surface area contributed by atoms with E-state index in [-0.39, 0.29) is 5.82 Å². The van der Waals surface area contributed by atoms with Crippen molar-refractivity contribution >= 4 is 5.69 Å². The summed E-state index contributed by atoms with van der Waals surface area (Å²) in [5, 5.41) is 12.1. The lowest BCUT2D eigenvalue weighted by atomic mass is 10.0. The van der Waals surface area contributed by atoms with Crippen molar-refractivity contribution in [3.8, 4) is 6.07 Å². The van der Waals surface area contributed by atoms with Crippen molar-refractivity contribution in [1.29, 1.82) is 5.26 Å². The molecule has 1 aromatic carbocycles. The van der Waals surface area contributed by atoms with Crippen LogP contribution in [0.5, 0.6) is 0 Å². The van der Waals surface area contributed by atoms with Gasteiger partial charge in [0.05, 0.1) is 6.07 Å². The first kappa shape index (κ1) is 11.9. The molecular formula is C13H16FN3. The van der Waals surface area contributed by atoms with Crippen LogP contribution in [0.4, 0.5) is 10.1 Å². The van der Waals surface area contributed by atoms with Gasteiger partial charge >= 0.3 is 0 Å². The van der Waals surface area contributed by atoms with Crippen molar-refractivity contribution in [2.45, 2.75) is 18.9 Å². The van der Waals surface area contributed by atoms with Crippen LogP contribution < -0.4 is 10.2 Å². The second-order valence-corrected chi connectivity index (χ2v) is 4.64. The van der Waals surface area contributed by atoms with Crippen LogP contribution >= 0.6 is 0 Å². The molecule has 90 valence electrons. The molecule has 0 radical (unpaired) electrons. The monoisotopic (exact) mass is 233 g/mol. The van der Waals surface area contributed by atoms with Crippen LogP contribution in [0.1, 0.15) is 12.5 Å². The lowest BCUT2D eigenvalue weighted by molar-refractivity contribution is 0.486. The highest BCUT2D eigenvalue weighted by Gasteiger charge is 2.28. The van der Waals surface area contributed by atoms with Crippen molar-refractivity contribution in [1.82, 2.24) is 5.32 Å². The van der Waals surface area contributed by atoms with E-state index < -0.39 is 5.54 Å². The number of nitriles is 1. The molecule has 3 nitrogen and oxygen atoms in total. The summed E-state index contributed by atoms with van der Waals surface area (Å²) in [5.74, 6) is -0.223. The Morgan fingerprint density at radius 1 is 1.59 bits per heavy atom. The van der Waals surface area contributed by atoms with E-state index >= 15 is 0 Å². The molecule has 0 aromatic heterocycles. The molecule has 0 aliphatic carbocycles.